The van der Waals surface area contributed by atoms with Gasteiger partial charge in [0.05, 0.1) is 12.8 Å². The number of hydrazone groups is 1. The van der Waals surface area contributed by atoms with E-state index in [1.807, 2.05) is 4.90 Å². The van der Waals surface area contributed by atoms with Crippen molar-refractivity contribution in [1.29, 1.82) is 0 Å². The number of nitrogens with zero attached hydrogens (tertiary/aromatic N) is 6. The fourth-order valence-corrected chi connectivity index (χ4v) is 4.93. The van der Waals surface area contributed by atoms with E-state index in [4.69, 9.17) is 9.26 Å². The standard InChI is InChI=1S/C17H20FN7O2/c18-17-19-7-12-24(17)11-4-2-1-3-10(11)14-21-22-15(25(12)14)16-20-13(23-27-16)9-5-6-26-8-9/h7,9-11,14,21H,1-6,8H2. The molecule has 0 radical (unpaired) electrons. The van der Waals surface area contributed by atoms with E-state index in [2.05, 4.69) is 25.7 Å². The first-order valence-corrected chi connectivity index (χ1v) is 9.58. The summed E-state index contributed by atoms with van der Waals surface area (Å²) in [5, 5.41) is 8.62. The predicted molar refractivity (Wildman–Crippen MR) is 91.6 cm³/mol. The fraction of sp³-hybridized carbons (Fsp3) is 0.647. The Morgan fingerprint density at radius 1 is 1.22 bits per heavy atom. The topological polar surface area (TPSA) is 93.6 Å². The zero-order chi connectivity index (χ0) is 18.0. The molecule has 1 saturated heterocycles. The molecule has 0 amide bonds. The molecule has 5 heterocycles. The largest absolute Gasteiger partial charge is 0.381 e. The lowest BCUT2D eigenvalue weighted by molar-refractivity contribution is 0.161. The summed E-state index contributed by atoms with van der Waals surface area (Å²) in [7, 11) is 0. The Hall–Kier alpha value is -2.49. The van der Waals surface area contributed by atoms with Crippen molar-refractivity contribution in [3.63, 3.8) is 0 Å². The van der Waals surface area contributed by atoms with Crippen molar-refractivity contribution in [2.75, 3.05) is 18.1 Å². The van der Waals surface area contributed by atoms with Crippen LogP contribution in [0.25, 0.3) is 0 Å². The zero-order valence-corrected chi connectivity index (χ0v) is 14.7. The number of hydrogen-bond donors (Lipinski definition) is 1. The van der Waals surface area contributed by atoms with Crippen LogP contribution in [0.3, 0.4) is 0 Å². The minimum absolute atomic E-state index is 0.0425. The molecule has 1 saturated carbocycles. The lowest BCUT2D eigenvalue weighted by atomic mass is 9.80. The molecule has 10 heteroatoms. The highest BCUT2D eigenvalue weighted by atomic mass is 19.1. The average molecular weight is 373 g/mol. The van der Waals surface area contributed by atoms with Crippen LogP contribution >= 0.6 is 0 Å². The molecule has 9 nitrogen and oxygen atoms in total. The lowest BCUT2D eigenvalue weighted by Crippen LogP contribution is -2.54. The molecule has 142 valence electrons. The smallest absolute Gasteiger partial charge is 0.295 e. The van der Waals surface area contributed by atoms with Gasteiger partial charge in [-0.2, -0.15) is 14.5 Å². The van der Waals surface area contributed by atoms with Gasteiger partial charge in [-0.05, 0) is 19.3 Å². The highest BCUT2D eigenvalue weighted by Crippen LogP contribution is 2.46. The minimum atomic E-state index is -0.444. The van der Waals surface area contributed by atoms with Crippen molar-refractivity contribution in [1.82, 2.24) is 25.1 Å². The summed E-state index contributed by atoms with van der Waals surface area (Å²) in [6, 6.07) is 0.105. The van der Waals surface area contributed by atoms with Crippen LogP contribution in [0.4, 0.5) is 10.2 Å². The summed E-state index contributed by atoms with van der Waals surface area (Å²) >= 11 is 0. The molecule has 4 atom stereocenters. The molecule has 3 aliphatic heterocycles. The number of ether oxygens (including phenoxy) is 1. The van der Waals surface area contributed by atoms with E-state index in [9.17, 15) is 4.39 Å². The monoisotopic (exact) mass is 373 g/mol. The summed E-state index contributed by atoms with van der Waals surface area (Å²) in [5.41, 5.74) is 3.23. The van der Waals surface area contributed by atoms with E-state index < -0.39 is 6.08 Å². The quantitative estimate of drug-likeness (QED) is 0.857. The number of anilines is 1. The van der Waals surface area contributed by atoms with E-state index in [0.29, 0.717) is 36.6 Å². The Labute approximate surface area is 154 Å². The van der Waals surface area contributed by atoms with Gasteiger partial charge in [0.2, 0.25) is 5.84 Å². The maximum Gasteiger partial charge on any atom is 0.295 e. The van der Waals surface area contributed by atoms with Gasteiger partial charge in [-0.3, -0.25) is 14.9 Å². The molecule has 2 fully saturated rings. The van der Waals surface area contributed by atoms with Crippen molar-refractivity contribution in [2.45, 2.75) is 50.2 Å². The average Bonchev–Trinajstić information content (AvgIpc) is 3.46. The lowest BCUT2D eigenvalue weighted by Gasteiger charge is -2.45. The maximum atomic E-state index is 14.5. The van der Waals surface area contributed by atoms with E-state index in [1.54, 1.807) is 10.8 Å². The van der Waals surface area contributed by atoms with E-state index in [0.717, 1.165) is 32.1 Å². The molecule has 0 spiro atoms. The molecule has 2 aromatic rings. The normalized spacial score (nSPS) is 31.9. The Morgan fingerprint density at radius 2 is 2.15 bits per heavy atom. The van der Waals surface area contributed by atoms with E-state index in [1.165, 1.54) is 0 Å². The first kappa shape index (κ1) is 15.6. The van der Waals surface area contributed by atoms with Gasteiger partial charge in [-0.25, -0.2) is 4.98 Å². The number of fused-ring (bicyclic) bond motifs is 6. The first-order chi connectivity index (χ1) is 13.3. The van der Waals surface area contributed by atoms with Crippen LogP contribution in [-0.2, 0) is 4.74 Å². The molecule has 0 aromatic carbocycles. The SMILES string of the molecule is Fc1ncc2n1C1CCCCC1C1NN=C(c3nc(C4CCOC4)no3)N21. The summed E-state index contributed by atoms with van der Waals surface area (Å²) in [5.74, 6) is 2.61. The van der Waals surface area contributed by atoms with E-state index in [-0.39, 0.29) is 24.0 Å². The van der Waals surface area contributed by atoms with Crippen LogP contribution in [0.5, 0.6) is 0 Å². The third-order valence-electron chi connectivity index (χ3n) is 6.23. The number of rotatable bonds is 2. The van der Waals surface area contributed by atoms with Gasteiger partial charge in [-0.1, -0.05) is 18.0 Å². The number of amidine groups is 1. The van der Waals surface area contributed by atoms with Gasteiger partial charge in [0.25, 0.3) is 12.0 Å². The molecular formula is C17H20FN7O2. The second-order valence-corrected chi connectivity index (χ2v) is 7.67. The number of nitrogens with one attached hydrogen (secondary N) is 1. The van der Waals surface area contributed by atoms with Crippen molar-refractivity contribution in [2.24, 2.45) is 11.0 Å². The maximum absolute atomic E-state index is 14.5. The summed E-state index contributed by atoms with van der Waals surface area (Å²) in [4.78, 5) is 10.5. The van der Waals surface area contributed by atoms with Gasteiger partial charge in [0.15, 0.2) is 5.82 Å². The van der Waals surface area contributed by atoms with Crippen LogP contribution in [0.15, 0.2) is 15.8 Å². The van der Waals surface area contributed by atoms with Crippen LogP contribution in [0.1, 0.15) is 55.8 Å². The number of imidazole rings is 1. The molecule has 6 rings (SSSR count). The predicted octanol–water partition coefficient (Wildman–Crippen LogP) is 1.75. The Kier molecular flexibility index (Phi) is 3.31. The van der Waals surface area contributed by atoms with Gasteiger partial charge in [-0.15, -0.1) is 0 Å². The van der Waals surface area contributed by atoms with Gasteiger partial charge in [0, 0.05) is 24.5 Å². The summed E-state index contributed by atoms with van der Waals surface area (Å²) in [6.45, 7) is 1.32. The van der Waals surface area contributed by atoms with Gasteiger partial charge >= 0.3 is 0 Å². The van der Waals surface area contributed by atoms with Gasteiger partial charge < -0.3 is 9.26 Å². The Morgan fingerprint density at radius 3 is 3.04 bits per heavy atom. The summed E-state index contributed by atoms with van der Waals surface area (Å²) in [6.07, 6.45) is 6.19. The van der Waals surface area contributed by atoms with Crippen LogP contribution in [-0.4, -0.2) is 44.9 Å². The molecule has 2 aromatic heterocycles. The molecule has 1 N–H and O–H groups in total. The summed E-state index contributed by atoms with van der Waals surface area (Å²) < 4.78 is 27.1. The van der Waals surface area contributed by atoms with Crippen molar-refractivity contribution in [3.8, 4) is 0 Å². The second kappa shape index (κ2) is 5.75. The molecule has 0 bridgehead atoms. The Balaban J connectivity index is 1.39. The molecule has 1 aliphatic carbocycles. The molecule has 27 heavy (non-hydrogen) atoms. The highest BCUT2D eigenvalue weighted by Gasteiger charge is 2.49. The molecule has 4 aliphatic rings. The number of halogens is 1. The third-order valence-corrected chi connectivity index (χ3v) is 6.23. The molecule has 4 unspecified atom stereocenters. The van der Waals surface area contributed by atoms with Crippen molar-refractivity contribution < 1.29 is 13.7 Å². The highest BCUT2D eigenvalue weighted by molar-refractivity contribution is 6.08. The number of aromatic nitrogens is 4. The van der Waals surface area contributed by atoms with Crippen molar-refractivity contribution in [3.05, 3.63) is 24.0 Å². The number of hydrogen-bond acceptors (Lipinski definition) is 8. The van der Waals surface area contributed by atoms with Crippen LogP contribution in [0, 0.1) is 12.0 Å². The van der Waals surface area contributed by atoms with Crippen LogP contribution in [0.2, 0.25) is 0 Å². The van der Waals surface area contributed by atoms with Crippen LogP contribution < -0.4 is 10.3 Å². The zero-order valence-electron chi connectivity index (χ0n) is 14.7. The van der Waals surface area contributed by atoms with E-state index >= 15 is 0 Å². The second-order valence-electron chi connectivity index (χ2n) is 7.67. The third kappa shape index (κ3) is 2.19. The minimum Gasteiger partial charge on any atom is -0.381 e. The van der Waals surface area contributed by atoms with Gasteiger partial charge in [0.1, 0.15) is 12.0 Å². The first-order valence-electron chi connectivity index (χ1n) is 9.58. The molecular weight excluding hydrogens is 353 g/mol. The van der Waals surface area contributed by atoms with Crippen molar-refractivity contribution >= 4 is 11.7 Å². The Bertz CT molecular complexity index is 903. The fourth-order valence-electron chi connectivity index (χ4n) is 4.93.